The second-order valence-electron chi connectivity index (χ2n) is 2.99. The monoisotopic (exact) mass is 149 g/mol. The molecule has 58 valence electrons. The zero-order chi connectivity index (χ0) is 7.84. The normalized spacial score (nSPS) is 15.3. The van der Waals surface area contributed by atoms with Gasteiger partial charge in [0, 0.05) is 12.6 Å². The Morgan fingerprint density at radius 1 is 1.55 bits per heavy atom. The summed E-state index contributed by atoms with van der Waals surface area (Å²) in [5.74, 6) is 1.08. The number of hydrogen-bond acceptors (Lipinski definition) is 2. The van der Waals surface area contributed by atoms with Gasteiger partial charge in [-0.05, 0) is 24.8 Å². The first-order valence-electron chi connectivity index (χ1n) is 3.73. The Kier molecular flexibility index (Phi) is 1.28. The molecule has 2 rings (SSSR count). The van der Waals surface area contributed by atoms with Crippen LogP contribution < -0.4 is 0 Å². The highest BCUT2D eigenvalue weighted by Gasteiger charge is 2.12. The maximum Gasteiger partial charge on any atom is 0.130 e. The van der Waals surface area contributed by atoms with Gasteiger partial charge in [-0.25, -0.2) is 0 Å². The van der Waals surface area contributed by atoms with Gasteiger partial charge in [0.2, 0.25) is 0 Å². The first kappa shape index (κ1) is 6.53. The molecule has 2 heteroatoms. The quantitative estimate of drug-likeness (QED) is 0.561. The third-order valence-electron chi connectivity index (χ3n) is 1.99. The maximum absolute atomic E-state index is 5.36. The summed E-state index contributed by atoms with van der Waals surface area (Å²) in [7, 11) is 2.04. The van der Waals surface area contributed by atoms with Crippen molar-refractivity contribution < 1.29 is 4.42 Å². The summed E-state index contributed by atoms with van der Waals surface area (Å²) < 4.78 is 5.36. The Morgan fingerprint density at radius 2 is 2.36 bits per heavy atom. The molecule has 0 amide bonds. The average Bonchev–Trinajstić information content (AvgIpc) is 2.32. The van der Waals surface area contributed by atoms with E-state index >= 15 is 0 Å². The molecular weight excluding hydrogens is 138 g/mol. The van der Waals surface area contributed by atoms with Crippen molar-refractivity contribution in [2.45, 2.75) is 13.5 Å². The zero-order valence-electron chi connectivity index (χ0n) is 6.79. The number of nitrogens with zero attached hydrogens (tertiary/aromatic N) is 1. The average molecular weight is 149 g/mol. The summed E-state index contributed by atoms with van der Waals surface area (Å²) in [6.45, 7) is 2.96. The molecule has 11 heavy (non-hydrogen) atoms. The Balaban J connectivity index is 2.48. The summed E-state index contributed by atoms with van der Waals surface area (Å²) in [5, 5.41) is 0. The van der Waals surface area contributed by atoms with Crippen LogP contribution in [-0.4, -0.2) is 11.9 Å². The number of rotatable bonds is 0. The van der Waals surface area contributed by atoms with Crippen molar-refractivity contribution in [3.05, 3.63) is 29.4 Å². The van der Waals surface area contributed by atoms with E-state index in [4.69, 9.17) is 4.42 Å². The van der Waals surface area contributed by atoms with Gasteiger partial charge in [0.05, 0.1) is 12.8 Å². The predicted octanol–water partition coefficient (Wildman–Crippen LogP) is 2.00. The van der Waals surface area contributed by atoms with E-state index < -0.39 is 0 Å². The van der Waals surface area contributed by atoms with Gasteiger partial charge in [0.25, 0.3) is 0 Å². The first-order chi connectivity index (χ1) is 5.27. The van der Waals surface area contributed by atoms with Crippen molar-refractivity contribution >= 4 is 6.08 Å². The molecule has 0 spiro atoms. The Morgan fingerprint density at radius 3 is 3.18 bits per heavy atom. The molecule has 0 saturated heterocycles. The van der Waals surface area contributed by atoms with E-state index in [2.05, 4.69) is 24.1 Å². The number of fused-ring (bicyclic) bond motifs is 1. The third-order valence-corrected chi connectivity index (χ3v) is 1.99. The summed E-state index contributed by atoms with van der Waals surface area (Å²) in [4.78, 5) is 2.10. The van der Waals surface area contributed by atoms with E-state index in [0.29, 0.717) is 0 Å². The topological polar surface area (TPSA) is 16.4 Å². The largest absolute Gasteiger partial charge is 0.467 e. The molecule has 1 aliphatic heterocycles. The molecule has 1 aromatic rings. The van der Waals surface area contributed by atoms with Gasteiger partial charge in [0.15, 0.2) is 0 Å². The molecule has 0 aromatic carbocycles. The molecule has 2 nitrogen and oxygen atoms in total. The van der Waals surface area contributed by atoms with Crippen molar-refractivity contribution in [3.63, 3.8) is 0 Å². The molecule has 1 aliphatic rings. The van der Waals surface area contributed by atoms with Crippen LogP contribution >= 0.6 is 0 Å². The molecule has 2 heterocycles. The van der Waals surface area contributed by atoms with Crippen LogP contribution in [0.5, 0.6) is 0 Å². The van der Waals surface area contributed by atoms with Gasteiger partial charge in [0.1, 0.15) is 5.76 Å². The summed E-state index contributed by atoms with van der Waals surface area (Å²) >= 11 is 0. The minimum Gasteiger partial charge on any atom is -0.467 e. The van der Waals surface area contributed by atoms with E-state index in [1.807, 2.05) is 13.3 Å². The zero-order valence-corrected chi connectivity index (χ0v) is 6.79. The highest BCUT2D eigenvalue weighted by Crippen LogP contribution is 2.23. The van der Waals surface area contributed by atoms with Crippen molar-refractivity contribution in [1.29, 1.82) is 0 Å². The van der Waals surface area contributed by atoms with Crippen LogP contribution in [0, 0.1) is 6.92 Å². The number of furan rings is 1. The Bertz CT molecular complexity index is 299. The lowest BCUT2D eigenvalue weighted by Crippen LogP contribution is -2.13. The van der Waals surface area contributed by atoms with Crippen molar-refractivity contribution in [1.82, 2.24) is 4.90 Å². The molecular formula is C9H11NO. The standard InChI is InChI=1S/C9H11NO/c1-7-6-11-9-5-10(2)4-3-8(7)9/h3-4,6H,5H2,1-2H3. The maximum atomic E-state index is 5.36. The summed E-state index contributed by atoms with van der Waals surface area (Å²) in [6, 6.07) is 0. The molecule has 0 bridgehead atoms. The highest BCUT2D eigenvalue weighted by molar-refractivity contribution is 5.56. The van der Waals surface area contributed by atoms with Crippen LogP contribution in [0.2, 0.25) is 0 Å². The van der Waals surface area contributed by atoms with Gasteiger partial charge in [-0.3, -0.25) is 0 Å². The fraction of sp³-hybridized carbons (Fsp3) is 0.333. The van der Waals surface area contributed by atoms with E-state index in [1.165, 1.54) is 11.1 Å². The van der Waals surface area contributed by atoms with Crippen LogP contribution in [0.25, 0.3) is 6.08 Å². The number of hydrogen-bond donors (Lipinski definition) is 0. The van der Waals surface area contributed by atoms with Crippen molar-refractivity contribution in [2.24, 2.45) is 0 Å². The molecule has 0 N–H and O–H groups in total. The molecule has 0 fully saturated rings. The van der Waals surface area contributed by atoms with Crippen molar-refractivity contribution in [2.75, 3.05) is 7.05 Å². The molecule has 0 atom stereocenters. The first-order valence-corrected chi connectivity index (χ1v) is 3.73. The third kappa shape index (κ3) is 0.946. The van der Waals surface area contributed by atoms with Crippen LogP contribution in [-0.2, 0) is 6.54 Å². The second-order valence-corrected chi connectivity index (χ2v) is 2.99. The molecule has 1 aromatic heterocycles. The van der Waals surface area contributed by atoms with Gasteiger partial charge in [-0.1, -0.05) is 0 Å². The molecule has 0 radical (unpaired) electrons. The summed E-state index contributed by atoms with van der Waals surface area (Å²) in [5.41, 5.74) is 2.48. The highest BCUT2D eigenvalue weighted by atomic mass is 16.3. The molecule has 0 aliphatic carbocycles. The SMILES string of the molecule is Cc1coc2c1C=CN(C)C2. The smallest absolute Gasteiger partial charge is 0.130 e. The summed E-state index contributed by atoms with van der Waals surface area (Å²) in [6.07, 6.45) is 5.98. The minimum atomic E-state index is 0.889. The lowest BCUT2D eigenvalue weighted by molar-refractivity contribution is 0.378. The van der Waals surface area contributed by atoms with E-state index in [0.717, 1.165) is 12.3 Å². The van der Waals surface area contributed by atoms with Gasteiger partial charge in [-0.15, -0.1) is 0 Å². The fourth-order valence-electron chi connectivity index (χ4n) is 1.33. The second kappa shape index (κ2) is 2.16. The van der Waals surface area contributed by atoms with Gasteiger partial charge in [-0.2, -0.15) is 0 Å². The van der Waals surface area contributed by atoms with Crippen LogP contribution in [0.3, 0.4) is 0 Å². The van der Waals surface area contributed by atoms with Crippen LogP contribution in [0.15, 0.2) is 16.9 Å². The van der Waals surface area contributed by atoms with Crippen LogP contribution in [0.4, 0.5) is 0 Å². The minimum absolute atomic E-state index is 0.889. The lowest BCUT2D eigenvalue weighted by Gasteiger charge is -2.16. The lowest BCUT2D eigenvalue weighted by atomic mass is 10.1. The van der Waals surface area contributed by atoms with Gasteiger partial charge < -0.3 is 9.32 Å². The van der Waals surface area contributed by atoms with E-state index in [1.54, 1.807) is 0 Å². The molecule has 0 saturated carbocycles. The van der Waals surface area contributed by atoms with E-state index in [-0.39, 0.29) is 0 Å². The molecule has 0 unspecified atom stereocenters. The fourth-order valence-corrected chi connectivity index (χ4v) is 1.33. The Hall–Kier alpha value is -1.18. The predicted molar refractivity (Wildman–Crippen MR) is 43.9 cm³/mol. The van der Waals surface area contributed by atoms with Crippen LogP contribution in [0.1, 0.15) is 16.9 Å². The van der Waals surface area contributed by atoms with Gasteiger partial charge >= 0.3 is 0 Å². The van der Waals surface area contributed by atoms with E-state index in [9.17, 15) is 0 Å². The number of aryl methyl sites for hydroxylation is 1. The van der Waals surface area contributed by atoms with Crippen molar-refractivity contribution in [3.8, 4) is 0 Å². The Labute approximate surface area is 66.1 Å².